The van der Waals surface area contributed by atoms with Gasteiger partial charge >= 0.3 is 10.1 Å². The van der Waals surface area contributed by atoms with Crippen molar-refractivity contribution in [3.8, 4) is 5.75 Å². The molecule has 0 spiro atoms. The Balaban J connectivity index is 1.47. The highest BCUT2D eigenvalue weighted by atomic mass is 35.5. The lowest BCUT2D eigenvalue weighted by atomic mass is 10.1. The number of aliphatic imine (C=N–C) groups is 1. The second-order valence-corrected chi connectivity index (χ2v) is 10.7. The molecule has 180 valence electrons. The van der Waals surface area contributed by atoms with Crippen LogP contribution < -0.4 is 4.18 Å². The maximum Gasteiger partial charge on any atom is 0.339 e. The second-order valence-electron chi connectivity index (χ2n) is 7.79. The zero-order valence-corrected chi connectivity index (χ0v) is 21.1. The van der Waals surface area contributed by atoms with E-state index >= 15 is 0 Å². The molecule has 0 aromatic heterocycles. The molecule has 1 amide bonds. The Morgan fingerprint density at radius 1 is 1.03 bits per heavy atom. The standard InChI is InChI=1S/C25H17ClN4O4S2/c1-15-10-12-17(13-11-15)36(32,33)34-21-9-5-2-6-16(21)14-19-22(27)30-25(28-23(19)31)35-24(29-30)18-7-3-4-8-20(18)26/h2-14,27H,1H3/b19-14-,27-22?. The van der Waals surface area contributed by atoms with Gasteiger partial charge in [0.15, 0.2) is 5.84 Å². The van der Waals surface area contributed by atoms with Gasteiger partial charge < -0.3 is 4.18 Å². The molecule has 0 bridgehead atoms. The Morgan fingerprint density at radius 3 is 2.47 bits per heavy atom. The highest BCUT2D eigenvalue weighted by Gasteiger charge is 2.36. The SMILES string of the molecule is Cc1ccc(S(=O)(=O)Oc2ccccc2/C=C2/C(=N)N3N=C(c4ccccc4Cl)SC3=NC2=O)cc1. The summed E-state index contributed by atoms with van der Waals surface area (Å²) in [6.45, 7) is 1.85. The van der Waals surface area contributed by atoms with Crippen LogP contribution in [0.15, 0.2) is 93.4 Å². The first-order valence-corrected chi connectivity index (χ1v) is 13.2. The van der Waals surface area contributed by atoms with Crippen LogP contribution in [-0.4, -0.2) is 35.4 Å². The number of hydrazone groups is 1. The van der Waals surface area contributed by atoms with Crippen LogP contribution in [0.3, 0.4) is 0 Å². The van der Waals surface area contributed by atoms with Crippen LogP contribution in [0.1, 0.15) is 16.7 Å². The molecule has 3 aromatic rings. The lowest BCUT2D eigenvalue weighted by Crippen LogP contribution is -2.35. The van der Waals surface area contributed by atoms with Crippen molar-refractivity contribution in [1.82, 2.24) is 5.01 Å². The number of benzene rings is 3. The first-order chi connectivity index (χ1) is 17.2. The van der Waals surface area contributed by atoms with Crippen molar-refractivity contribution in [2.45, 2.75) is 11.8 Å². The van der Waals surface area contributed by atoms with Crippen LogP contribution in [-0.2, 0) is 14.9 Å². The molecular weight excluding hydrogens is 520 g/mol. The fourth-order valence-electron chi connectivity index (χ4n) is 3.44. The van der Waals surface area contributed by atoms with Gasteiger partial charge in [-0.05, 0) is 49.0 Å². The monoisotopic (exact) mass is 536 g/mol. The van der Waals surface area contributed by atoms with Gasteiger partial charge in [-0.2, -0.15) is 23.5 Å². The quantitative estimate of drug-likeness (QED) is 0.359. The normalized spacial score (nSPS) is 16.6. The van der Waals surface area contributed by atoms with Gasteiger partial charge in [-0.25, -0.2) is 0 Å². The summed E-state index contributed by atoms with van der Waals surface area (Å²) in [5.41, 5.74) is 1.80. The average Bonchev–Trinajstić information content (AvgIpc) is 3.27. The van der Waals surface area contributed by atoms with E-state index in [9.17, 15) is 13.2 Å². The molecule has 8 nitrogen and oxygen atoms in total. The Hall–Kier alpha value is -3.73. The van der Waals surface area contributed by atoms with Crippen LogP contribution in [0.4, 0.5) is 0 Å². The molecule has 0 aliphatic carbocycles. The van der Waals surface area contributed by atoms with Crippen molar-refractivity contribution < 1.29 is 17.4 Å². The summed E-state index contributed by atoms with van der Waals surface area (Å²) < 4.78 is 31.0. The van der Waals surface area contributed by atoms with Gasteiger partial charge in [0.25, 0.3) is 5.91 Å². The number of hydrogen-bond donors (Lipinski definition) is 1. The number of thioether (sulfide) groups is 1. The first kappa shape index (κ1) is 24.0. The number of para-hydroxylation sites is 1. The second kappa shape index (κ2) is 9.38. The predicted octanol–water partition coefficient (Wildman–Crippen LogP) is 5.08. The van der Waals surface area contributed by atoms with Gasteiger partial charge in [0.05, 0.1) is 10.6 Å². The zero-order chi connectivity index (χ0) is 25.4. The van der Waals surface area contributed by atoms with Crippen molar-refractivity contribution in [2.24, 2.45) is 10.1 Å². The van der Waals surface area contributed by atoms with E-state index in [1.54, 1.807) is 48.5 Å². The van der Waals surface area contributed by atoms with Crippen molar-refractivity contribution in [3.05, 3.63) is 100 Å². The molecule has 0 saturated heterocycles. The van der Waals surface area contributed by atoms with Gasteiger partial charge in [0, 0.05) is 11.1 Å². The minimum absolute atomic E-state index is 0.00168. The first-order valence-electron chi connectivity index (χ1n) is 10.6. The fraction of sp³-hybridized carbons (Fsp3) is 0.0400. The number of carbonyl (C=O) groups excluding carboxylic acids is 1. The minimum atomic E-state index is -4.12. The lowest BCUT2D eigenvalue weighted by molar-refractivity contribution is -0.114. The van der Waals surface area contributed by atoms with Crippen molar-refractivity contribution in [1.29, 1.82) is 5.41 Å². The third-order valence-electron chi connectivity index (χ3n) is 5.29. The van der Waals surface area contributed by atoms with Crippen molar-refractivity contribution in [2.75, 3.05) is 0 Å². The fourth-order valence-corrected chi connectivity index (χ4v) is 5.60. The molecule has 2 heterocycles. The lowest BCUT2D eigenvalue weighted by Gasteiger charge is -2.20. The largest absolute Gasteiger partial charge is 0.378 e. The van der Waals surface area contributed by atoms with E-state index in [1.807, 2.05) is 13.0 Å². The number of nitrogens with one attached hydrogen (secondary N) is 1. The summed E-state index contributed by atoms with van der Waals surface area (Å²) in [5.74, 6) is -0.835. The van der Waals surface area contributed by atoms with Crippen LogP contribution >= 0.6 is 23.4 Å². The van der Waals surface area contributed by atoms with E-state index < -0.39 is 16.0 Å². The summed E-state index contributed by atoms with van der Waals surface area (Å²) in [6, 6.07) is 19.7. The van der Waals surface area contributed by atoms with Gasteiger partial charge in [0.2, 0.25) is 5.17 Å². The molecule has 0 atom stereocenters. The molecule has 0 fully saturated rings. The molecule has 2 aliphatic heterocycles. The number of nitrogens with zero attached hydrogens (tertiary/aromatic N) is 3. The Bertz CT molecular complexity index is 1610. The molecule has 11 heteroatoms. The van der Waals surface area contributed by atoms with Crippen molar-refractivity contribution in [3.63, 3.8) is 0 Å². The molecule has 0 unspecified atom stereocenters. The van der Waals surface area contributed by atoms with Gasteiger partial charge in [-0.15, -0.1) is 0 Å². The molecule has 36 heavy (non-hydrogen) atoms. The predicted molar refractivity (Wildman–Crippen MR) is 141 cm³/mol. The van der Waals surface area contributed by atoms with Gasteiger partial charge in [0.1, 0.15) is 15.7 Å². The highest BCUT2D eigenvalue weighted by molar-refractivity contribution is 8.27. The van der Waals surface area contributed by atoms with E-state index in [4.69, 9.17) is 21.2 Å². The maximum absolute atomic E-state index is 12.8. The number of rotatable bonds is 5. The average molecular weight is 537 g/mol. The number of fused-ring (bicyclic) bond motifs is 1. The van der Waals surface area contributed by atoms with Crippen LogP contribution in [0.5, 0.6) is 5.75 Å². The summed E-state index contributed by atoms with van der Waals surface area (Å²) >= 11 is 7.41. The molecule has 2 aliphatic rings. The van der Waals surface area contributed by atoms with Gasteiger partial charge in [-0.1, -0.05) is 65.7 Å². The number of hydrogen-bond acceptors (Lipinski definition) is 7. The minimum Gasteiger partial charge on any atom is -0.378 e. The van der Waals surface area contributed by atoms with Crippen molar-refractivity contribution >= 4 is 61.5 Å². The molecule has 1 N–H and O–H groups in total. The molecule has 0 radical (unpaired) electrons. The van der Waals surface area contributed by atoms with E-state index in [0.29, 0.717) is 21.2 Å². The van der Waals surface area contributed by atoms with Crippen LogP contribution in [0, 0.1) is 12.3 Å². The van der Waals surface area contributed by atoms with E-state index in [2.05, 4.69) is 10.1 Å². The summed E-state index contributed by atoms with van der Waals surface area (Å²) in [5, 5.41) is 15.5. The summed E-state index contributed by atoms with van der Waals surface area (Å²) in [7, 11) is -4.12. The third kappa shape index (κ3) is 4.58. The molecule has 0 saturated carbocycles. The smallest absolute Gasteiger partial charge is 0.339 e. The van der Waals surface area contributed by atoms with Crippen LogP contribution in [0.25, 0.3) is 6.08 Å². The summed E-state index contributed by atoms with van der Waals surface area (Å²) in [6.07, 6.45) is 1.37. The number of carbonyl (C=O) groups is 1. The third-order valence-corrected chi connectivity index (χ3v) is 7.81. The number of amidine groups is 2. The zero-order valence-electron chi connectivity index (χ0n) is 18.7. The molecule has 5 rings (SSSR count). The van der Waals surface area contributed by atoms with Crippen LogP contribution in [0.2, 0.25) is 5.02 Å². The molecule has 3 aromatic carbocycles. The van der Waals surface area contributed by atoms with E-state index in [1.165, 1.54) is 29.3 Å². The maximum atomic E-state index is 12.8. The Labute approximate surface area is 216 Å². The number of amides is 1. The van der Waals surface area contributed by atoms with E-state index in [0.717, 1.165) is 17.3 Å². The van der Waals surface area contributed by atoms with Gasteiger partial charge in [-0.3, -0.25) is 10.2 Å². The van der Waals surface area contributed by atoms with E-state index in [-0.39, 0.29) is 27.2 Å². The number of halogens is 1. The Kier molecular flexibility index (Phi) is 6.25. The highest BCUT2D eigenvalue weighted by Crippen LogP contribution is 2.34. The topological polar surface area (TPSA) is 112 Å². The molecular formula is C25H17ClN4O4S2. The Morgan fingerprint density at radius 2 is 1.72 bits per heavy atom. The summed E-state index contributed by atoms with van der Waals surface area (Å²) in [4.78, 5) is 16.9. The number of aryl methyl sites for hydroxylation is 1.